The summed E-state index contributed by atoms with van der Waals surface area (Å²) in [7, 11) is 2.55. The number of carbonyl (C=O) groups excluding carboxylic acids is 4. The molecule has 4 rings (SSSR count). The van der Waals surface area contributed by atoms with E-state index in [0.29, 0.717) is 59.8 Å². The van der Waals surface area contributed by atoms with Gasteiger partial charge in [-0.05, 0) is 96.8 Å². The van der Waals surface area contributed by atoms with Gasteiger partial charge in [0.05, 0.1) is 57.3 Å². The van der Waals surface area contributed by atoms with Gasteiger partial charge in [0, 0.05) is 41.7 Å². The van der Waals surface area contributed by atoms with E-state index in [4.69, 9.17) is 28.4 Å². The van der Waals surface area contributed by atoms with Crippen LogP contribution < -0.4 is 9.47 Å². The Bertz CT molecular complexity index is 2150. The highest BCUT2D eigenvalue weighted by atomic mass is 16.5. The van der Waals surface area contributed by atoms with Crippen LogP contribution in [0.4, 0.5) is 0 Å². The van der Waals surface area contributed by atoms with E-state index in [9.17, 15) is 19.2 Å². The molecule has 0 aliphatic carbocycles. The Hall–Kier alpha value is -7.04. The molecule has 4 aromatic rings. The molecule has 0 N–H and O–H groups in total. The molecule has 0 bridgehead atoms. The highest BCUT2D eigenvalue weighted by Gasteiger charge is 2.28. The van der Waals surface area contributed by atoms with Crippen molar-refractivity contribution < 1.29 is 47.6 Å². The molecule has 0 fully saturated rings. The number of benzene rings is 4. The summed E-state index contributed by atoms with van der Waals surface area (Å²) in [5.74, 6) is 11.5. The minimum atomic E-state index is -0.645. The smallest absolute Gasteiger partial charge is 0.339 e. The fourth-order valence-electron chi connectivity index (χ4n) is 5.53. The van der Waals surface area contributed by atoms with E-state index in [1.807, 2.05) is 48.5 Å². The first-order chi connectivity index (χ1) is 27.1. The largest absolute Gasteiger partial charge is 0.493 e. The molecule has 4 aromatic carbocycles. The van der Waals surface area contributed by atoms with Gasteiger partial charge in [-0.2, -0.15) is 0 Å². The Morgan fingerprint density at radius 2 is 0.929 bits per heavy atom. The molecule has 56 heavy (non-hydrogen) atoms. The molecule has 0 saturated heterocycles. The van der Waals surface area contributed by atoms with Gasteiger partial charge in [0.2, 0.25) is 0 Å². The minimum absolute atomic E-state index is 0.158. The van der Waals surface area contributed by atoms with Gasteiger partial charge in [-0.3, -0.25) is 0 Å². The Labute approximate surface area is 327 Å². The minimum Gasteiger partial charge on any atom is -0.493 e. The lowest BCUT2D eigenvalue weighted by molar-refractivity contribution is -0.138. The van der Waals surface area contributed by atoms with Crippen LogP contribution in [0, 0.1) is 37.5 Å². The molecule has 0 radical (unpaired) electrons. The molecule has 0 heterocycles. The van der Waals surface area contributed by atoms with Gasteiger partial charge >= 0.3 is 23.9 Å². The number of methoxy groups -OCH3 is 2. The Morgan fingerprint density at radius 1 is 0.554 bits per heavy atom. The maximum absolute atomic E-state index is 13.3. The standard InChI is InChI=1S/C46H42O10/c1-7-40(47)55-29-9-27-53-37-22-15-34(16-23-37)12-11-33-13-20-36(21-14-33)42-31(3)43(45(49)51-5)39(44(32(42)4)46(50)52-6)26-19-35-17-24-38(25-18-35)54-28-10-30-56-41(48)8-2/h7-8,13-18,20-25H,1-2,9-10,27-30H2,3-6H3. The van der Waals surface area contributed by atoms with E-state index in [-0.39, 0.29) is 29.9 Å². The number of hydrogen-bond donors (Lipinski definition) is 0. The van der Waals surface area contributed by atoms with Gasteiger partial charge < -0.3 is 28.4 Å². The summed E-state index contributed by atoms with van der Waals surface area (Å²) in [6.45, 7) is 11.5. The van der Waals surface area contributed by atoms with Crippen molar-refractivity contribution in [3.63, 3.8) is 0 Å². The third-order valence-corrected chi connectivity index (χ3v) is 8.28. The lowest BCUT2D eigenvalue weighted by atomic mass is 9.84. The SMILES string of the molecule is C=CC(=O)OCCCOc1ccc(C#Cc2ccc(-c3c(C)c(C(=O)OC)c(C#Cc4ccc(OCCCOC(=O)C=C)cc4)c(C(=O)OC)c3C)cc2)cc1. The fraction of sp³-hybridized carbons (Fsp3) is 0.217. The van der Waals surface area contributed by atoms with E-state index in [2.05, 4.69) is 36.8 Å². The first-order valence-electron chi connectivity index (χ1n) is 17.6. The zero-order valence-corrected chi connectivity index (χ0v) is 31.8. The number of hydrogen-bond acceptors (Lipinski definition) is 10. The number of esters is 4. The molecule has 0 aliphatic rings. The maximum Gasteiger partial charge on any atom is 0.339 e. The quantitative estimate of drug-likeness (QED) is 0.0401. The Kier molecular flexibility index (Phi) is 15.6. The molecule has 0 unspecified atom stereocenters. The lowest BCUT2D eigenvalue weighted by Crippen LogP contribution is -2.16. The van der Waals surface area contributed by atoms with Crippen molar-refractivity contribution in [2.45, 2.75) is 26.7 Å². The first kappa shape index (κ1) is 41.7. The van der Waals surface area contributed by atoms with Gasteiger partial charge in [-0.25, -0.2) is 19.2 Å². The van der Waals surface area contributed by atoms with Crippen molar-refractivity contribution in [2.75, 3.05) is 40.6 Å². The summed E-state index contributed by atoms with van der Waals surface area (Å²) in [5.41, 5.74) is 5.29. The van der Waals surface area contributed by atoms with Crippen LogP contribution in [0.5, 0.6) is 11.5 Å². The second-order valence-corrected chi connectivity index (χ2v) is 12.0. The summed E-state index contributed by atoms with van der Waals surface area (Å²) >= 11 is 0. The molecule has 286 valence electrons. The highest BCUT2D eigenvalue weighted by molar-refractivity contribution is 6.05. The number of carbonyl (C=O) groups is 4. The average Bonchev–Trinajstić information content (AvgIpc) is 3.22. The predicted octanol–water partition coefficient (Wildman–Crippen LogP) is 7.34. The third-order valence-electron chi connectivity index (χ3n) is 8.28. The molecule has 0 saturated carbocycles. The monoisotopic (exact) mass is 754 g/mol. The Balaban J connectivity index is 1.55. The number of ether oxygens (including phenoxy) is 6. The van der Waals surface area contributed by atoms with Gasteiger partial charge in [-0.1, -0.05) is 49.0 Å². The van der Waals surface area contributed by atoms with Crippen LogP contribution in [0.15, 0.2) is 98.1 Å². The molecule has 0 amide bonds. The molecule has 0 spiro atoms. The number of rotatable bonds is 15. The van der Waals surface area contributed by atoms with Crippen LogP contribution in [-0.4, -0.2) is 64.5 Å². The van der Waals surface area contributed by atoms with Gasteiger partial charge in [-0.15, -0.1) is 0 Å². The normalized spacial score (nSPS) is 10.0. The third kappa shape index (κ3) is 11.5. The second kappa shape index (κ2) is 21.0. The molecule has 10 nitrogen and oxygen atoms in total. The molecule has 0 aromatic heterocycles. The summed E-state index contributed by atoms with van der Waals surface area (Å²) in [4.78, 5) is 49.0. The molecule has 0 aliphatic heterocycles. The van der Waals surface area contributed by atoms with Crippen LogP contribution in [0.2, 0.25) is 0 Å². The van der Waals surface area contributed by atoms with Crippen molar-refractivity contribution in [2.24, 2.45) is 0 Å². The van der Waals surface area contributed by atoms with Crippen LogP contribution in [-0.2, 0) is 28.5 Å². The summed E-state index contributed by atoms with van der Waals surface area (Å²) in [6.07, 6.45) is 3.29. The van der Waals surface area contributed by atoms with Crippen molar-refractivity contribution >= 4 is 23.9 Å². The van der Waals surface area contributed by atoms with E-state index in [1.54, 1.807) is 38.1 Å². The Morgan fingerprint density at radius 3 is 1.30 bits per heavy atom. The zero-order chi connectivity index (χ0) is 40.5. The van der Waals surface area contributed by atoms with Gasteiger partial charge in [0.15, 0.2) is 0 Å². The van der Waals surface area contributed by atoms with Crippen LogP contribution >= 0.6 is 0 Å². The van der Waals surface area contributed by atoms with Crippen LogP contribution in [0.1, 0.15) is 66.9 Å². The van der Waals surface area contributed by atoms with Crippen molar-refractivity contribution in [1.82, 2.24) is 0 Å². The lowest BCUT2D eigenvalue weighted by Gasteiger charge is -2.20. The molecule has 10 heteroatoms. The maximum atomic E-state index is 13.3. The molecular weight excluding hydrogens is 712 g/mol. The average molecular weight is 755 g/mol. The van der Waals surface area contributed by atoms with Crippen molar-refractivity contribution in [3.05, 3.63) is 143 Å². The summed E-state index contributed by atoms with van der Waals surface area (Å²) in [6, 6.07) is 21.9. The van der Waals surface area contributed by atoms with Gasteiger partial charge in [0.25, 0.3) is 0 Å². The van der Waals surface area contributed by atoms with E-state index in [0.717, 1.165) is 28.8 Å². The first-order valence-corrected chi connectivity index (χ1v) is 17.6. The van der Waals surface area contributed by atoms with Crippen LogP contribution in [0.3, 0.4) is 0 Å². The van der Waals surface area contributed by atoms with Gasteiger partial charge in [0.1, 0.15) is 11.5 Å². The second-order valence-electron chi connectivity index (χ2n) is 12.0. The van der Waals surface area contributed by atoms with E-state index < -0.39 is 23.9 Å². The highest BCUT2D eigenvalue weighted by Crippen LogP contribution is 2.36. The predicted molar refractivity (Wildman–Crippen MR) is 211 cm³/mol. The van der Waals surface area contributed by atoms with Crippen molar-refractivity contribution in [1.29, 1.82) is 0 Å². The summed E-state index contributed by atoms with van der Waals surface area (Å²) in [5, 5.41) is 0. The van der Waals surface area contributed by atoms with E-state index >= 15 is 0 Å². The topological polar surface area (TPSA) is 124 Å². The van der Waals surface area contributed by atoms with E-state index in [1.165, 1.54) is 14.2 Å². The van der Waals surface area contributed by atoms with Crippen molar-refractivity contribution in [3.8, 4) is 46.3 Å². The molecule has 0 atom stereocenters. The summed E-state index contributed by atoms with van der Waals surface area (Å²) < 4.78 is 31.7. The molecular formula is C46H42O10. The van der Waals surface area contributed by atoms with Crippen LogP contribution in [0.25, 0.3) is 11.1 Å². The fourth-order valence-corrected chi connectivity index (χ4v) is 5.53. The zero-order valence-electron chi connectivity index (χ0n) is 31.8.